The maximum absolute atomic E-state index is 5.73. The second-order valence-electron chi connectivity index (χ2n) is 4.22. The molecule has 4 nitrogen and oxygen atoms in total. The average Bonchev–Trinajstić information content (AvgIpc) is 2.89. The molecule has 1 unspecified atom stereocenters. The average molecular weight is 357 g/mol. The summed E-state index contributed by atoms with van der Waals surface area (Å²) < 4.78 is 11.8. The van der Waals surface area contributed by atoms with Gasteiger partial charge in [-0.3, -0.25) is 11.3 Å². The maximum atomic E-state index is 5.73. The van der Waals surface area contributed by atoms with Crippen molar-refractivity contribution in [3.63, 3.8) is 0 Å². The van der Waals surface area contributed by atoms with E-state index < -0.39 is 0 Å². The van der Waals surface area contributed by atoms with Gasteiger partial charge in [-0.2, -0.15) is 0 Å². The zero-order valence-electron chi connectivity index (χ0n) is 11.4. The van der Waals surface area contributed by atoms with Crippen LogP contribution in [0.3, 0.4) is 0 Å². The van der Waals surface area contributed by atoms with Crippen molar-refractivity contribution in [2.75, 3.05) is 14.2 Å². The fourth-order valence-corrected chi connectivity index (χ4v) is 3.59. The Kier molecular flexibility index (Phi) is 5.42. The molecule has 0 spiro atoms. The predicted octanol–water partition coefficient (Wildman–Crippen LogP) is 3.27. The lowest BCUT2D eigenvalue weighted by Crippen LogP contribution is -2.29. The molecule has 0 amide bonds. The number of hydrogen-bond acceptors (Lipinski definition) is 5. The SMILES string of the molecule is COc1ccc(OC)c(C(Cc2sccc2Br)NN)c1. The topological polar surface area (TPSA) is 56.5 Å². The van der Waals surface area contributed by atoms with E-state index in [0.29, 0.717) is 0 Å². The Balaban J connectivity index is 2.33. The van der Waals surface area contributed by atoms with Crippen molar-refractivity contribution in [3.8, 4) is 11.5 Å². The maximum Gasteiger partial charge on any atom is 0.123 e. The Hall–Kier alpha value is -1.08. The van der Waals surface area contributed by atoms with Crippen LogP contribution in [-0.2, 0) is 6.42 Å². The Morgan fingerprint density at radius 2 is 2.10 bits per heavy atom. The first-order chi connectivity index (χ1) is 9.69. The summed E-state index contributed by atoms with van der Waals surface area (Å²) in [5, 5.41) is 2.05. The molecule has 1 atom stereocenters. The number of nitrogens with one attached hydrogen (secondary N) is 1. The number of benzene rings is 1. The van der Waals surface area contributed by atoms with E-state index in [0.717, 1.165) is 28.0 Å². The van der Waals surface area contributed by atoms with E-state index in [-0.39, 0.29) is 6.04 Å². The zero-order chi connectivity index (χ0) is 14.5. The molecule has 108 valence electrons. The number of methoxy groups -OCH3 is 2. The molecule has 2 rings (SSSR count). The van der Waals surface area contributed by atoms with E-state index in [9.17, 15) is 0 Å². The van der Waals surface area contributed by atoms with Crippen LogP contribution in [0, 0.1) is 0 Å². The molecular weight excluding hydrogens is 340 g/mol. The molecule has 6 heteroatoms. The lowest BCUT2D eigenvalue weighted by atomic mass is 10.0. The third-order valence-corrected chi connectivity index (χ3v) is 5.04. The van der Waals surface area contributed by atoms with E-state index in [1.807, 2.05) is 24.3 Å². The molecule has 1 aromatic heterocycles. The fraction of sp³-hybridized carbons (Fsp3) is 0.286. The van der Waals surface area contributed by atoms with Crippen LogP contribution in [0.2, 0.25) is 0 Å². The van der Waals surface area contributed by atoms with Gasteiger partial charge in [0, 0.05) is 21.3 Å². The van der Waals surface area contributed by atoms with Crippen LogP contribution in [0.4, 0.5) is 0 Å². The molecule has 1 heterocycles. The van der Waals surface area contributed by atoms with Crippen LogP contribution in [0.25, 0.3) is 0 Å². The summed E-state index contributed by atoms with van der Waals surface area (Å²) >= 11 is 5.24. The lowest BCUT2D eigenvalue weighted by Gasteiger charge is -2.19. The summed E-state index contributed by atoms with van der Waals surface area (Å²) in [4.78, 5) is 1.23. The van der Waals surface area contributed by atoms with Crippen LogP contribution in [-0.4, -0.2) is 14.2 Å². The molecule has 0 saturated carbocycles. The second-order valence-corrected chi connectivity index (χ2v) is 6.08. The van der Waals surface area contributed by atoms with Crippen molar-refractivity contribution >= 4 is 27.3 Å². The number of hydrazine groups is 1. The highest BCUT2D eigenvalue weighted by atomic mass is 79.9. The molecule has 0 saturated heterocycles. The highest BCUT2D eigenvalue weighted by Crippen LogP contribution is 2.33. The van der Waals surface area contributed by atoms with Gasteiger partial charge < -0.3 is 9.47 Å². The van der Waals surface area contributed by atoms with Crippen molar-refractivity contribution in [2.24, 2.45) is 5.84 Å². The largest absolute Gasteiger partial charge is 0.497 e. The first kappa shape index (κ1) is 15.3. The number of nitrogens with two attached hydrogens (primary N) is 1. The van der Waals surface area contributed by atoms with Crippen molar-refractivity contribution in [2.45, 2.75) is 12.5 Å². The van der Waals surface area contributed by atoms with E-state index in [1.54, 1.807) is 25.6 Å². The second kappa shape index (κ2) is 7.08. The molecule has 3 N–H and O–H groups in total. The summed E-state index contributed by atoms with van der Waals surface area (Å²) in [6, 6.07) is 7.70. The Morgan fingerprint density at radius 3 is 2.65 bits per heavy atom. The number of halogens is 1. The quantitative estimate of drug-likeness (QED) is 0.615. The molecule has 0 aliphatic rings. The normalized spacial score (nSPS) is 12.2. The summed E-state index contributed by atoms with van der Waals surface area (Å²) in [7, 11) is 3.30. The minimum Gasteiger partial charge on any atom is -0.497 e. The molecule has 0 radical (unpaired) electrons. The highest BCUT2D eigenvalue weighted by Gasteiger charge is 2.18. The van der Waals surface area contributed by atoms with Gasteiger partial charge in [-0.1, -0.05) is 0 Å². The zero-order valence-corrected chi connectivity index (χ0v) is 13.8. The number of ether oxygens (including phenoxy) is 2. The van der Waals surface area contributed by atoms with Gasteiger partial charge >= 0.3 is 0 Å². The Bertz CT molecular complexity index is 574. The van der Waals surface area contributed by atoms with Crippen LogP contribution in [0.15, 0.2) is 34.1 Å². The summed E-state index contributed by atoms with van der Waals surface area (Å²) in [6.45, 7) is 0. The van der Waals surface area contributed by atoms with E-state index in [2.05, 4.69) is 26.7 Å². The summed E-state index contributed by atoms with van der Waals surface area (Å²) in [6.07, 6.45) is 0.776. The van der Waals surface area contributed by atoms with E-state index in [1.165, 1.54) is 4.88 Å². The van der Waals surface area contributed by atoms with Gasteiger partial charge in [0.1, 0.15) is 11.5 Å². The van der Waals surface area contributed by atoms with Gasteiger partial charge in [0.25, 0.3) is 0 Å². The molecule has 0 bridgehead atoms. The Morgan fingerprint density at radius 1 is 1.30 bits per heavy atom. The monoisotopic (exact) mass is 356 g/mol. The fourth-order valence-electron chi connectivity index (χ4n) is 2.03. The van der Waals surface area contributed by atoms with Crippen molar-refractivity contribution in [1.82, 2.24) is 5.43 Å². The predicted molar refractivity (Wildman–Crippen MR) is 85.3 cm³/mol. The first-order valence-electron chi connectivity index (χ1n) is 6.09. The third kappa shape index (κ3) is 3.32. The van der Waals surface area contributed by atoms with Crippen LogP contribution >= 0.6 is 27.3 Å². The number of rotatable bonds is 6. The van der Waals surface area contributed by atoms with E-state index >= 15 is 0 Å². The molecule has 0 fully saturated rings. The van der Waals surface area contributed by atoms with Gasteiger partial charge in [0.05, 0.1) is 20.3 Å². The molecule has 0 aliphatic heterocycles. The lowest BCUT2D eigenvalue weighted by molar-refractivity contribution is 0.389. The first-order valence-corrected chi connectivity index (χ1v) is 7.76. The van der Waals surface area contributed by atoms with E-state index in [4.69, 9.17) is 15.3 Å². The van der Waals surface area contributed by atoms with Gasteiger partial charge in [0.15, 0.2) is 0 Å². The molecule has 0 aliphatic carbocycles. The Labute approximate surface area is 131 Å². The minimum atomic E-state index is -0.0463. The molecule has 1 aromatic carbocycles. The highest BCUT2D eigenvalue weighted by molar-refractivity contribution is 9.10. The molecular formula is C14H17BrN2O2S. The molecule has 20 heavy (non-hydrogen) atoms. The number of thiophene rings is 1. The van der Waals surface area contributed by atoms with Crippen LogP contribution < -0.4 is 20.7 Å². The minimum absolute atomic E-state index is 0.0463. The van der Waals surface area contributed by atoms with Crippen LogP contribution in [0.1, 0.15) is 16.5 Å². The van der Waals surface area contributed by atoms with Crippen molar-refractivity contribution in [1.29, 1.82) is 0 Å². The van der Waals surface area contributed by atoms with Gasteiger partial charge in [-0.05, 0) is 45.6 Å². The summed E-state index contributed by atoms with van der Waals surface area (Å²) in [5.74, 6) is 7.31. The van der Waals surface area contributed by atoms with Gasteiger partial charge in [-0.15, -0.1) is 11.3 Å². The van der Waals surface area contributed by atoms with Crippen molar-refractivity contribution < 1.29 is 9.47 Å². The number of hydrogen-bond donors (Lipinski definition) is 2. The van der Waals surface area contributed by atoms with Crippen molar-refractivity contribution in [3.05, 3.63) is 44.6 Å². The smallest absolute Gasteiger partial charge is 0.123 e. The van der Waals surface area contributed by atoms with Crippen LogP contribution in [0.5, 0.6) is 11.5 Å². The molecule has 2 aromatic rings. The van der Waals surface area contributed by atoms with Gasteiger partial charge in [0.2, 0.25) is 0 Å². The standard InChI is InChI=1S/C14H17BrN2O2S/c1-18-9-3-4-13(19-2)10(7-9)12(17-16)8-14-11(15)5-6-20-14/h3-7,12,17H,8,16H2,1-2H3. The summed E-state index contributed by atoms with van der Waals surface area (Å²) in [5.41, 5.74) is 3.84. The van der Waals surface area contributed by atoms with Gasteiger partial charge in [-0.25, -0.2) is 0 Å². The third-order valence-electron chi connectivity index (χ3n) is 3.09.